The van der Waals surface area contributed by atoms with E-state index in [1.165, 1.54) is 0 Å². The zero-order chi connectivity index (χ0) is 7.40. The van der Waals surface area contributed by atoms with Gasteiger partial charge in [0.25, 0.3) is 0 Å². The smallest absolute Gasteiger partial charge is 0.0540 e. The van der Waals surface area contributed by atoms with Gasteiger partial charge in [-0.1, -0.05) is 12.2 Å². The van der Waals surface area contributed by atoms with Gasteiger partial charge in [-0.05, 0) is 38.5 Å². The average molecular weight is 139 g/mol. The van der Waals surface area contributed by atoms with Gasteiger partial charge in [0, 0.05) is 0 Å². The van der Waals surface area contributed by atoms with Crippen LogP contribution in [0.5, 0.6) is 0 Å². The molecule has 0 saturated heterocycles. The van der Waals surface area contributed by atoms with Crippen molar-refractivity contribution in [2.45, 2.75) is 38.7 Å². The minimum atomic E-state index is -0.0264. The second-order valence-corrected chi connectivity index (χ2v) is 3.02. The van der Waals surface area contributed by atoms with Gasteiger partial charge in [0.05, 0.1) is 6.10 Å². The minimum Gasteiger partial charge on any atom is -0.393 e. The molecular weight excluding hydrogens is 124 g/mol. The van der Waals surface area contributed by atoms with E-state index in [1.54, 1.807) is 0 Å². The maximum absolute atomic E-state index is 9.16. The second-order valence-electron chi connectivity index (χ2n) is 3.02. The van der Waals surface area contributed by atoms with E-state index in [9.17, 15) is 0 Å². The van der Waals surface area contributed by atoms with Crippen molar-refractivity contribution in [2.24, 2.45) is 5.92 Å². The lowest BCUT2D eigenvalue weighted by Crippen LogP contribution is -2.16. The fourth-order valence-corrected chi connectivity index (χ4v) is 1.50. The number of aliphatic hydroxyl groups is 1. The van der Waals surface area contributed by atoms with Crippen LogP contribution in [0.4, 0.5) is 0 Å². The topological polar surface area (TPSA) is 20.2 Å². The van der Waals surface area contributed by atoms with Crippen LogP contribution in [-0.4, -0.2) is 11.2 Å². The summed E-state index contributed by atoms with van der Waals surface area (Å²) in [6, 6.07) is 0. The first-order valence-corrected chi connectivity index (χ1v) is 4.01. The summed E-state index contributed by atoms with van der Waals surface area (Å²) in [5.41, 5.74) is 0. The van der Waals surface area contributed by atoms with Crippen LogP contribution in [0, 0.1) is 12.0 Å². The molecule has 0 amide bonds. The molecule has 0 aliphatic heterocycles. The molecule has 0 heterocycles. The summed E-state index contributed by atoms with van der Waals surface area (Å²) in [4.78, 5) is 0. The van der Waals surface area contributed by atoms with Gasteiger partial charge < -0.3 is 5.11 Å². The van der Waals surface area contributed by atoms with Crippen molar-refractivity contribution in [1.29, 1.82) is 0 Å². The van der Waals surface area contributed by atoms with Crippen LogP contribution in [0.2, 0.25) is 0 Å². The van der Waals surface area contributed by atoms with Gasteiger partial charge in [0.1, 0.15) is 0 Å². The van der Waals surface area contributed by atoms with Crippen LogP contribution < -0.4 is 0 Å². The molecule has 1 rings (SSSR count). The Labute approximate surface area is 62.8 Å². The molecule has 0 aromatic heterocycles. The van der Waals surface area contributed by atoms with E-state index in [-0.39, 0.29) is 6.10 Å². The SMILES string of the molecule is C/[C]=C/[C@H]1CC[C@H](O)CC1. The molecule has 1 N–H and O–H groups in total. The molecule has 0 unspecified atom stereocenters. The average Bonchev–Trinajstić information content (AvgIpc) is 1.95. The Balaban J connectivity index is 2.26. The van der Waals surface area contributed by atoms with E-state index < -0.39 is 0 Å². The highest BCUT2D eigenvalue weighted by atomic mass is 16.3. The van der Waals surface area contributed by atoms with Gasteiger partial charge in [-0.15, -0.1) is 0 Å². The lowest BCUT2D eigenvalue weighted by Gasteiger charge is -2.22. The molecule has 0 aromatic carbocycles. The van der Waals surface area contributed by atoms with E-state index in [2.05, 4.69) is 12.2 Å². The fraction of sp³-hybridized carbons (Fsp3) is 0.778. The van der Waals surface area contributed by atoms with Gasteiger partial charge in [-0.25, -0.2) is 0 Å². The molecule has 1 heteroatoms. The van der Waals surface area contributed by atoms with Crippen LogP contribution >= 0.6 is 0 Å². The number of allylic oxidation sites excluding steroid dienone is 2. The van der Waals surface area contributed by atoms with Crippen molar-refractivity contribution in [2.75, 3.05) is 0 Å². The lowest BCUT2D eigenvalue weighted by atomic mass is 9.87. The van der Waals surface area contributed by atoms with Crippen molar-refractivity contribution in [3.05, 3.63) is 12.2 Å². The molecule has 10 heavy (non-hydrogen) atoms. The van der Waals surface area contributed by atoms with Crippen LogP contribution in [0.3, 0.4) is 0 Å². The Bertz CT molecular complexity index is 110. The maximum atomic E-state index is 9.16. The van der Waals surface area contributed by atoms with E-state index in [0.29, 0.717) is 5.92 Å². The third-order valence-corrected chi connectivity index (χ3v) is 2.14. The molecule has 1 aliphatic rings. The first-order valence-electron chi connectivity index (χ1n) is 4.01. The molecule has 0 atom stereocenters. The van der Waals surface area contributed by atoms with Crippen LogP contribution in [0.25, 0.3) is 0 Å². The fourth-order valence-electron chi connectivity index (χ4n) is 1.50. The summed E-state index contributed by atoms with van der Waals surface area (Å²) in [6.45, 7) is 1.94. The van der Waals surface area contributed by atoms with E-state index in [1.807, 2.05) is 6.92 Å². The Kier molecular flexibility index (Phi) is 2.94. The molecule has 0 bridgehead atoms. The molecule has 1 aliphatic carbocycles. The monoisotopic (exact) mass is 139 g/mol. The lowest BCUT2D eigenvalue weighted by molar-refractivity contribution is 0.118. The molecular formula is C9H15O. The number of aliphatic hydroxyl groups excluding tert-OH is 1. The molecule has 57 valence electrons. The molecule has 0 aromatic rings. The molecule has 0 spiro atoms. The van der Waals surface area contributed by atoms with Crippen LogP contribution in [0.1, 0.15) is 32.6 Å². The van der Waals surface area contributed by atoms with E-state index >= 15 is 0 Å². The predicted octanol–water partition coefficient (Wildman–Crippen LogP) is 1.92. The highest BCUT2D eigenvalue weighted by Crippen LogP contribution is 2.24. The van der Waals surface area contributed by atoms with Crippen molar-refractivity contribution < 1.29 is 5.11 Å². The van der Waals surface area contributed by atoms with Crippen molar-refractivity contribution in [3.8, 4) is 0 Å². The summed E-state index contributed by atoms with van der Waals surface area (Å²) in [5, 5.41) is 9.16. The van der Waals surface area contributed by atoms with Crippen molar-refractivity contribution in [3.63, 3.8) is 0 Å². The standard InChI is InChI=1S/C9H15O/c1-2-3-8-4-6-9(10)7-5-8/h3,8-10H,4-7H2,1H3/t8-,9-. The normalized spacial score (nSPS) is 35.0. The Morgan fingerprint density at radius 3 is 2.40 bits per heavy atom. The molecule has 1 saturated carbocycles. The first kappa shape index (κ1) is 7.80. The zero-order valence-electron chi connectivity index (χ0n) is 6.51. The maximum Gasteiger partial charge on any atom is 0.0540 e. The van der Waals surface area contributed by atoms with Gasteiger partial charge in [-0.2, -0.15) is 0 Å². The van der Waals surface area contributed by atoms with Gasteiger partial charge in [0.15, 0.2) is 0 Å². The molecule has 1 nitrogen and oxygen atoms in total. The summed E-state index contributed by atoms with van der Waals surface area (Å²) in [6.07, 6.45) is 9.38. The third-order valence-electron chi connectivity index (χ3n) is 2.14. The second kappa shape index (κ2) is 3.77. The van der Waals surface area contributed by atoms with Gasteiger partial charge in [0.2, 0.25) is 0 Å². The van der Waals surface area contributed by atoms with Gasteiger partial charge >= 0.3 is 0 Å². The summed E-state index contributed by atoms with van der Waals surface area (Å²) in [7, 11) is 0. The summed E-state index contributed by atoms with van der Waals surface area (Å²) < 4.78 is 0. The highest BCUT2D eigenvalue weighted by Gasteiger charge is 2.16. The van der Waals surface area contributed by atoms with Crippen molar-refractivity contribution in [1.82, 2.24) is 0 Å². The summed E-state index contributed by atoms with van der Waals surface area (Å²) in [5.74, 6) is 0.688. The third kappa shape index (κ3) is 2.14. The van der Waals surface area contributed by atoms with Crippen LogP contribution in [-0.2, 0) is 0 Å². The highest BCUT2D eigenvalue weighted by molar-refractivity contribution is 4.85. The minimum absolute atomic E-state index is 0.0264. The van der Waals surface area contributed by atoms with Gasteiger partial charge in [-0.3, -0.25) is 0 Å². The zero-order valence-corrected chi connectivity index (χ0v) is 6.51. The first-order chi connectivity index (χ1) is 4.83. The quantitative estimate of drug-likeness (QED) is 0.588. The number of rotatable bonds is 1. The Morgan fingerprint density at radius 1 is 1.30 bits per heavy atom. The van der Waals surface area contributed by atoms with Crippen molar-refractivity contribution >= 4 is 0 Å². The Hall–Kier alpha value is -0.300. The Morgan fingerprint density at radius 2 is 1.90 bits per heavy atom. The summed E-state index contributed by atoms with van der Waals surface area (Å²) >= 11 is 0. The number of hydrogen-bond acceptors (Lipinski definition) is 1. The largest absolute Gasteiger partial charge is 0.393 e. The van der Waals surface area contributed by atoms with Crippen LogP contribution in [0.15, 0.2) is 6.08 Å². The van der Waals surface area contributed by atoms with E-state index in [0.717, 1.165) is 25.7 Å². The molecule has 1 radical (unpaired) electrons. The number of hydrogen-bond donors (Lipinski definition) is 1. The molecule has 1 fully saturated rings. The predicted molar refractivity (Wildman–Crippen MR) is 41.5 cm³/mol. The van der Waals surface area contributed by atoms with E-state index in [4.69, 9.17) is 5.11 Å².